The maximum absolute atomic E-state index is 11.0. The Morgan fingerprint density at radius 2 is 2.18 bits per heavy atom. The number of amides is 2. The predicted octanol–water partition coefficient (Wildman–Crippen LogP) is -0.970. The van der Waals surface area contributed by atoms with Crippen LogP contribution in [0.2, 0.25) is 0 Å². The van der Waals surface area contributed by atoms with Crippen molar-refractivity contribution in [1.29, 1.82) is 0 Å². The average Bonchev–Trinajstić information content (AvgIpc) is 2.01. The summed E-state index contributed by atoms with van der Waals surface area (Å²) in [5.74, 6) is -0.799. The lowest BCUT2D eigenvalue weighted by Crippen LogP contribution is -2.43. The van der Waals surface area contributed by atoms with Gasteiger partial charge in [-0.2, -0.15) is 0 Å². The molecule has 0 atom stereocenters. The molecular weight excluding hydrogens is 148 g/mol. The van der Waals surface area contributed by atoms with Crippen LogP contribution >= 0.6 is 0 Å². The van der Waals surface area contributed by atoms with E-state index < -0.39 is 5.91 Å². The predicted molar refractivity (Wildman–Crippen MR) is 37.1 cm³/mol. The minimum atomic E-state index is -0.483. The Morgan fingerprint density at radius 1 is 1.55 bits per heavy atom. The molecule has 1 aliphatic heterocycles. The van der Waals surface area contributed by atoms with Crippen LogP contribution in [0, 0.1) is 0 Å². The van der Waals surface area contributed by atoms with E-state index >= 15 is 0 Å². The number of ether oxygens (including phenoxy) is 1. The summed E-state index contributed by atoms with van der Waals surface area (Å²) < 4.78 is 4.63. The van der Waals surface area contributed by atoms with E-state index in [4.69, 9.17) is 0 Å². The number of hydrogen-bond acceptors (Lipinski definition) is 4. The highest BCUT2D eigenvalue weighted by Gasteiger charge is 2.26. The normalized spacial score (nSPS) is 18.4. The summed E-state index contributed by atoms with van der Waals surface area (Å²) in [6.07, 6.45) is 0. The molecule has 5 nitrogen and oxygen atoms in total. The zero-order valence-electron chi connectivity index (χ0n) is 6.33. The Balaban J connectivity index is 2.87. The number of carbonyl (C=O) groups excluding carboxylic acids is 2. The van der Waals surface area contributed by atoms with Gasteiger partial charge in [-0.05, 0) is 0 Å². The van der Waals surface area contributed by atoms with Crippen molar-refractivity contribution >= 4 is 17.7 Å². The summed E-state index contributed by atoms with van der Waals surface area (Å²) in [7, 11) is 2.75. The van der Waals surface area contributed by atoms with Crippen LogP contribution in [0.1, 0.15) is 0 Å². The summed E-state index contributed by atoms with van der Waals surface area (Å²) in [6, 6.07) is 0. The number of likely N-dealkylation sites (N-methyl/N-ethyl adjacent to an activating group) is 1. The first-order chi connectivity index (χ1) is 5.16. The zero-order chi connectivity index (χ0) is 8.43. The highest BCUT2D eigenvalue weighted by Crippen LogP contribution is 1.98. The molecule has 0 unspecified atom stereocenters. The number of imide groups is 1. The van der Waals surface area contributed by atoms with Gasteiger partial charge in [-0.15, -0.1) is 0 Å². The molecule has 0 spiro atoms. The molecule has 60 valence electrons. The molecule has 5 heteroatoms. The maximum Gasteiger partial charge on any atom is 0.315 e. The smallest absolute Gasteiger partial charge is 0.315 e. The molecule has 0 radical (unpaired) electrons. The molecule has 0 bridgehead atoms. The molecule has 0 N–H and O–H groups in total. The number of rotatable bonds is 0. The molecule has 1 aliphatic rings. The van der Waals surface area contributed by atoms with Gasteiger partial charge in [-0.3, -0.25) is 14.5 Å². The van der Waals surface area contributed by atoms with Gasteiger partial charge in [0.25, 0.3) is 11.8 Å². The molecule has 1 heterocycles. The largest absolute Gasteiger partial charge is 0.477 e. The second-order valence-corrected chi connectivity index (χ2v) is 2.08. The number of hydrogen-bond donors (Lipinski definition) is 0. The van der Waals surface area contributed by atoms with Crippen LogP contribution in [0.4, 0.5) is 0 Å². The van der Waals surface area contributed by atoms with Gasteiger partial charge in [0.15, 0.2) is 0 Å². The summed E-state index contributed by atoms with van der Waals surface area (Å²) in [5, 5.41) is 0. The molecule has 0 aromatic heterocycles. The van der Waals surface area contributed by atoms with Gasteiger partial charge >= 0.3 is 5.91 Å². The van der Waals surface area contributed by atoms with Crippen LogP contribution in [-0.4, -0.2) is 43.3 Å². The van der Waals surface area contributed by atoms with E-state index in [1.807, 2.05) is 0 Å². The Labute approximate surface area is 63.6 Å². The molecule has 0 fully saturated rings. The third-order valence-electron chi connectivity index (χ3n) is 1.41. The van der Waals surface area contributed by atoms with Crippen LogP contribution in [0.5, 0.6) is 0 Å². The highest BCUT2D eigenvalue weighted by atomic mass is 16.5. The second-order valence-electron chi connectivity index (χ2n) is 2.08. The Hall–Kier alpha value is -1.39. The van der Waals surface area contributed by atoms with Crippen molar-refractivity contribution < 1.29 is 14.3 Å². The quantitative estimate of drug-likeness (QED) is 0.424. The van der Waals surface area contributed by atoms with Gasteiger partial charge in [0.05, 0.1) is 7.11 Å². The van der Waals surface area contributed by atoms with Crippen molar-refractivity contribution in [2.75, 3.05) is 20.7 Å². The molecule has 0 aromatic carbocycles. The van der Waals surface area contributed by atoms with E-state index in [2.05, 4.69) is 9.73 Å². The first kappa shape index (κ1) is 7.71. The van der Waals surface area contributed by atoms with Crippen molar-refractivity contribution in [1.82, 2.24) is 4.90 Å². The molecular formula is C6H8N2O3. The van der Waals surface area contributed by atoms with E-state index in [0.29, 0.717) is 0 Å². The van der Waals surface area contributed by atoms with Gasteiger partial charge in [-0.1, -0.05) is 0 Å². The fraction of sp³-hybridized carbons (Fsp3) is 0.500. The fourth-order valence-electron chi connectivity index (χ4n) is 0.722. The standard InChI is InChI=1S/C6H8N2O3/c1-8-4(9)3-7-5(11-2)6(8)10/h3H2,1-2H3. The van der Waals surface area contributed by atoms with E-state index in [-0.39, 0.29) is 18.3 Å². The molecule has 11 heavy (non-hydrogen) atoms. The van der Waals surface area contributed by atoms with Gasteiger partial charge in [0.2, 0.25) is 0 Å². The summed E-state index contributed by atoms with van der Waals surface area (Å²) in [4.78, 5) is 26.4. The third-order valence-corrected chi connectivity index (χ3v) is 1.41. The molecule has 1 rings (SSSR count). The number of nitrogens with zero attached hydrogens (tertiary/aromatic N) is 2. The molecule has 0 saturated carbocycles. The average molecular weight is 156 g/mol. The van der Waals surface area contributed by atoms with E-state index in [1.54, 1.807) is 0 Å². The molecule has 0 aliphatic carbocycles. The monoisotopic (exact) mass is 156 g/mol. The first-order valence-corrected chi connectivity index (χ1v) is 3.06. The Kier molecular flexibility index (Phi) is 1.89. The molecule has 0 aromatic rings. The van der Waals surface area contributed by atoms with Crippen LogP contribution in [0.25, 0.3) is 0 Å². The highest BCUT2D eigenvalue weighted by molar-refractivity contribution is 6.39. The fourth-order valence-corrected chi connectivity index (χ4v) is 0.722. The number of carbonyl (C=O) groups is 2. The lowest BCUT2D eigenvalue weighted by molar-refractivity contribution is -0.140. The van der Waals surface area contributed by atoms with Crippen molar-refractivity contribution in [3.05, 3.63) is 0 Å². The number of methoxy groups -OCH3 is 1. The maximum atomic E-state index is 11.0. The van der Waals surface area contributed by atoms with Crippen molar-refractivity contribution in [2.45, 2.75) is 0 Å². The Morgan fingerprint density at radius 3 is 2.73 bits per heavy atom. The molecule has 2 amide bonds. The third kappa shape index (κ3) is 1.21. The number of aliphatic imine (C=N–C) groups is 1. The Bertz CT molecular complexity index is 234. The lowest BCUT2D eigenvalue weighted by Gasteiger charge is -2.18. The van der Waals surface area contributed by atoms with Crippen LogP contribution in [-0.2, 0) is 14.3 Å². The SMILES string of the molecule is COC1=NCC(=O)N(C)C1=O. The van der Waals surface area contributed by atoms with Crippen molar-refractivity contribution in [3.8, 4) is 0 Å². The summed E-state index contributed by atoms with van der Waals surface area (Å²) in [6.45, 7) is -0.00852. The minimum Gasteiger partial charge on any atom is -0.477 e. The summed E-state index contributed by atoms with van der Waals surface area (Å²) >= 11 is 0. The summed E-state index contributed by atoms with van der Waals surface area (Å²) in [5.41, 5.74) is 0. The van der Waals surface area contributed by atoms with Gasteiger partial charge in [-0.25, -0.2) is 4.99 Å². The molecule has 0 saturated heterocycles. The van der Waals surface area contributed by atoms with Gasteiger partial charge in [0, 0.05) is 7.05 Å². The van der Waals surface area contributed by atoms with Crippen LogP contribution in [0.3, 0.4) is 0 Å². The minimum absolute atomic E-state index is 0.00731. The van der Waals surface area contributed by atoms with E-state index in [1.165, 1.54) is 14.2 Å². The van der Waals surface area contributed by atoms with Crippen molar-refractivity contribution in [3.63, 3.8) is 0 Å². The van der Waals surface area contributed by atoms with Crippen LogP contribution in [0.15, 0.2) is 4.99 Å². The van der Waals surface area contributed by atoms with Crippen molar-refractivity contribution in [2.24, 2.45) is 4.99 Å². The lowest BCUT2D eigenvalue weighted by atomic mass is 10.4. The second kappa shape index (κ2) is 2.69. The first-order valence-electron chi connectivity index (χ1n) is 3.06. The van der Waals surface area contributed by atoms with Crippen LogP contribution < -0.4 is 0 Å². The van der Waals surface area contributed by atoms with E-state index in [0.717, 1.165) is 4.90 Å². The zero-order valence-corrected chi connectivity index (χ0v) is 6.33. The van der Waals surface area contributed by atoms with Gasteiger partial charge < -0.3 is 4.74 Å². The van der Waals surface area contributed by atoms with Gasteiger partial charge in [0.1, 0.15) is 6.54 Å². The van der Waals surface area contributed by atoms with E-state index in [9.17, 15) is 9.59 Å². The topological polar surface area (TPSA) is 59.0 Å².